The standard InChI is InChI=1S/C19H23N5O2S/c1-13-11-14(2)24(21-13)10-4-9-20-19(25)16-5-7-17(8-6-16)26-12-18-15(3)22-27-23-18/h5-8,11H,4,9-10,12H2,1-3H3,(H,20,25). The van der Waals surface area contributed by atoms with Crippen LogP contribution in [0.1, 0.15) is 39.6 Å². The van der Waals surface area contributed by atoms with Crippen LogP contribution in [0.2, 0.25) is 0 Å². The Hall–Kier alpha value is -2.74. The number of carbonyl (C=O) groups excluding carboxylic acids is 1. The van der Waals surface area contributed by atoms with E-state index in [9.17, 15) is 4.79 Å². The molecule has 142 valence electrons. The number of amides is 1. The first-order chi connectivity index (χ1) is 13.0. The highest BCUT2D eigenvalue weighted by molar-refractivity contribution is 6.99. The van der Waals surface area contributed by atoms with E-state index in [-0.39, 0.29) is 5.91 Å². The fourth-order valence-corrected chi connectivity index (χ4v) is 3.22. The van der Waals surface area contributed by atoms with Gasteiger partial charge in [0.1, 0.15) is 18.1 Å². The number of hydrogen-bond donors (Lipinski definition) is 1. The van der Waals surface area contributed by atoms with Gasteiger partial charge in [-0.05, 0) is 57.5 Å². The Morgan fingerprint density at radius 1 is 1.19 bits per heavy atom. The van der Waals surface area contributed by atoms with Gasteiger partial charge in [0.25, 0.3) is 5.91 Å². The number of nitrogens with zero attached hydrogens (tertiary/aromatic N) is 4. The zero-order valence-corrected chi connectivity index (χ0v) is 16.5. The largest absolute Gasteiger partial charge is 0.487 e. The van der Waals surface area contributed by atoms with Crippen LogP contribution in [0.4, 0.5) is 0 Å². The van der Waals surface area contributed by atoms with Gasteiger partial charge in [0, 0.05) is 24.3 Å². The molecule has 8 heteroatoms. The molecule has 0 unspecified atom stereocenters. The molecule has 0 aliphatic rings. The summed E-state index contributed by atoms with van der Waals surface area (Å²) in [5.41, 5.74) is 4.49. The van der Waals surface area contributed by atoms with Crippen LogP contribution in [0.25, 0.3) is 0 Å². The van der Waals surface area contributed by atoms with Gasteiger partial charge in [0.05, 0.1) is 23.1 Å². The predicted octanol–water partition coefficient (Wildman–Crippen LogP) is 3.06. The van der Waals surface area contributed by atoms with Crippen molar-refractivity contribution in [1.29, 1.82) is 0 Å². The summed E-state index contributed by atoms with van der Waals surface area (Å²) in [4.78, 5) is 12.2. The molecule has 1 N–H and O–H groups in total. The van der Waals surface area contributed by atoms with Gasteiger partial charge in [-0.25, -0.2) is 0 Å². The first-order valence-corrected chi connectivity index (χ1v) is 9.56. The predicted molar refractivity (Wildman–Crippen MR) is 104 cm³/mol. The summed E-state index contributed by atoms with van der Waals surface area (Å²) in [5, 5.41) is 7.36. The molecule has 0 spiro atoms. The molecule has 0 aliphatic carbocycles. The summed E-state index contributed by atoms with van der Waals surface area (Å²) in [6.45, 7) is 7.69. The third-order valence-corrected chi connectivity index (χ3v) is 4.83. The van der Waals surface area contributed by atoms with E-state index in [2.05, 4.69) is 25.2 Å². The van der Waals surface area contributed by atoms with Crippen LogP contribution < -0.4 is 10.1 Å². The van der Waals surface area contributed by atoms with Crippen molar-refractivity contribution >= 4 is 17.6 Å². The highest BCUT2D eigenvalue weighted by atomic mass is 32.1. The van der Waals surface area contributed by atoms with E-state index >= 15 is 0 Å². The average Bonchev–Trinajstić information content (AvgIpc) is 3.21. The fourth-order valence-electron chi connectivity index (χ4n) is 2.67. The highest BCUT2D eigenvalue weighted by Crippen LogP contribution is 2.15. The van der Waals surface area contributed by atoms with Crippen LogP contribution in [0, 0.1) is 20.8 Å². The third-order valence-electron chi connectivity index (χ3n) is 4.17. The van der Waals surface area contributed by atoms with Crippen LogP contribution in [0.15, 0.2) is 30.3 Å². The lowest BCUT2D eigenvalue weighted by molar-refractivity contribution is 0.0952. The molecule has 0 aliphatic heterocycles. The average molecular weight is 385 g/mol. The van der Waals surface area contributed by atoms with Crippen molar-refractivity contribution in [2.45, 2.75) is 40.3 Å². The van der Waals surface area contributed by atoms with Gasteiger partial charge in [0.15, 0.2) is 0 Å². The Bertz CT molecular complexity index is 901. The normalized spacial score (nSPS) is 10.8. The van der Waals surface area contributed by atoms with Crippen molar-refractivity contribution in [1.82, 2.24) is 23.8 Å². The molecule has 3 aromatic rings. The second kappa shape index (κ2) is 8.77. The van der Waals surface area contributed by atoms with Crippen LogP contribution in [-0.2, 0) is 13.2 Å². The number of ether oxygens (including phenoxy) is 1. The summed E-state index contributed by atoms with van der Waals surface area (Å²) >= 11 is 1.18. The lowest BCUT2D eigenvalue weighted by atomic mass is 10.2. The summed E-state index contributed by atoms with van der Waals surface area (Å²) in [7, 11) is 0. The molecular weight excluding hydrogens is 362 g/mol. The van der Waals surface area contributed by atoms with Crippen LogP contribution in [0.5, 0.6) is 5.75 Å². The molecule has 3 rings (SSSR count). The minimum Gasteiger partial charge on any atom is -0.487 e. The maximum absolute atomic E-state index is 12.2. The zero-order valence-electron chi connectivity index (χ0n) is 15.7. The van der Waals surface area contributed by atoms with Crippen molar-refractivity contribution in [3.8, 4) is 5.75 Å². The maximum atomic E-state index is 12.2. The maximum Gasteiger partial charge on any atom is 0.251 e. The number of aryl methyl sites for hydroxylation is 4. The van der Waals surface area contributed by atoms with E-state index in [1.54, 1.807) is 24.3 Å². The highest BCUT2D eigenvalue weighted by Gasteiger charge is 2.07. The molecule has 2 aromatic heterocycles. The van der Waals surface area contributed by atoms with E-state index in [1.165, 1.54) is 11.7 Å². The number of aromatic nitrogens is 4. The zero-order chi connectivity index (χ0) is 19.2. The number of carbonyl (C=O) groups is 1. The lowest BCUT2D eigenvalue weighted by Crippen LogP contribution is -2.25. The first-order valence-electron chi connectivity index (χ1n) is 8.83. The van der Waals surface area contributed by atoms with E-state index < -0.39 is 0 Å². The van der Waals surface area contributed by atoms with Crippen LogP contribution in [-0.4, -0.2) is 31.0 Å². The molecule has 7 nitrogen and oxygen atoms in total. The minimum atomic E-state index is -0.0885. The molecule has 2 heterocycles. The number of benzene rings is 1. The Morgan fingerprint density at radius 3 is 2.59 bits per heavy atom. The quantitative estimate of drug-likeness (QED) is 0.603. The molecule has 0 saturated heterocycles. The third kappa shape index (κ3) is 5.13. The number of nitrogens with one attached hydrogen (secondary N) is 1. The van der Waals surface area contributed by atoms with Gasteiger partial charge in [-0.1, -0.05) is 0 Å². The van der Waals surface area contributed by atoms with Crippen molar-refractivity contribution in [3.63, 3.8) is 0 Å². The summed E-state index contributed by atoms with van der Waals surface area (Å²) in [6, 6.07) is 9.16. The van der Waals surface area contributed by atoms with Crippen molar-refractivity contribution in [2.24, 2.45) is 0 Å². The molecule has 0 fully saturated rings. The van der Waals surface area contributed by atoms with E-state index in [4.69, 9.17) is 4.74 Å². The van der Waals surface area contributed by atoms with Crippen molar-refractivity contribution in [2.75, 3.05) is 6.54 Å². The molecule has 0 radical (unpaired) electrons. The van der Waals surface area contributed by atoms with Crippen LogP contribution in [0.3, 0.4) is 0 Å². The van der Waals surface area contributed by atoms with E-state index in [0.717, 1.165) is 35.7 Å². The Labute approximate surface area is 162 Å². The van der Waals surface area contributed by atoms with E-state index in [1.807, 2.05) is 25.5 Å². The fraction of sp³-hybridized carbons (Fsp3) is 0.368. The van der Waals surface area contributed by atoms with Gasteiger partial charge < -0.3 is 10.1 Å². The molecular formula is C19H23N5O2S. The van der Waals surface area contributed by atoms with Gasteiger partial charge in [0.2, 0.25) is 0 Å². The SMILES string of the molecule is Cc1cc(C)n(CCCNC(=O)c2ccc(OCc3nsnc3C)cc2)n1. The summed E-state index contributed by atoms with van der Waals surface area (Å²) < 4.78 is 16.0. The molecule has 1 aromatic carbocycles. The number of hydrogen-bond acceptors (Lipinski definition) is 6. The topological polar surface area (TPSA) is 81.9 Å². The van der Waals surface area contributed by atoms with Gasteiger partial charge >= 0.3 is 0 Å². The van der Waals surface area contributed by atoms with Crippen molar-refractivity contribution in [3.05, 3.63) is 58.7 Å². The monoisotopic (exact) mass is 385 g/mol. The molecule has 0 saturated carbocycles. The summed E-state index contributed by atoms with van der Waals surface area (Å²) in [6.07, 6.45) is 0.829. The van der Waals surface area contributed by atoms with Gasteiger partial charge in [-0.2, -0.15) is 13.8 Å². The molecule has 1 amide bonds. The molecule has 27 heavy (non-hydrogen) atoms. The number of rotatable bonds is 8. The lowest BCUT2D eigenvalue weighted by Gasteiger charge is -2.08. The van der Waals surface area contributed by atoms with Crippen molar-refractivity contribution < 1.29 is 9.53 Å². The Morgan fingerprint density at radius 2 is 1.96 bits per heavy atom. The van der Waals surface area contributed by atoms with Gasteiger partial charge in [-0.3, -0.25) is 9.48 Å². The summed E-state index contributed by atoms with van der Waals surface area (Å²) in [5.74, 6) is 0.609. The molecule has 0 bridgehead atoms. The first kappa shape index (κ1) is 19.0. The molecule has 0 atom stereocenters. The Kier molecular flexibility index (Phi) is 6.18. The second-order valence-corrected chi connectivity index (χ2v) is 6.90. The van der Waals surface area contributed by atoms with E-state index in [0.29, 0.717) is 24.5 Å². The van der Waals surface area contributed by atoms with Crippen LogP contribution >= 0.6 is 11.7 Å². The van der Waals surface area contributed by atoms with Gasteiger partial charge in [-0.15, -0.1) is 0 Å². The smallest absolute Gasteiger partial charge is 0.251 e. The minimum absolute atomic E-state index is 0.0885. The Balaban J connectivity index is 1.43. The second-order valence-electron chi connectivity index (χ2n) is 6.37.